The Kier molecular flexibility index (Phi) is 3.77. The monoisotopic (exact) mass is 349 g/mol. The number of nitrogens with zero attached hydrogens (tertiary/aromatic N) is 1. The van der Waals surface area contributed by atoms with Gasteiger partial charge in [-0.1, -0.05) is 18.2 Å². The van der Waals surface area contributed by atoms with E-state index in [9.17, 15) is 21.6 Å². The Labute approximate surface area is 133 Å². The summed E-state index contributed by atoms with van der Waals surface area (Å²) in [4.78, 5) is 0. The molecular formula is C15H18F3NO3S. The number of hydrogen-bond donors (Lipinski definition) is 0. The van der Waals surface area contributed by atoms with Crippen LogP contribution in [0.3, 0.4) is 0 Å². The van der Waals surface area contributed by atoms with Crippen LogP contribution >= 0.6 is 0 Å². The lowest BCUT2D eigenvalue weighted by Crippen LogP contribution is -2.44. The van der Waals surface area contributed by atoms with Gasteiger partial charge in [0.2, 0.25) is 0 Å². The molecule has 0 N–H and O–H groups in total. The Morgan fingerprint density at radius 3 is 2.65 bits per heavy atom. The first-order chi connectivity index (χ1) is 10.5. The van der Waals surface area contributed by atoms with Crippen molar-refractivity contribution in [3.63, 3.8) is 0 Å². The second-order valence-corrected chi connectivity index (χ2v) is 8.38. The topological polar surface area (TPSA) is 46.6 Å². The first-order valence-corrected chi connectivity index (χ1v) is 8.81. The first kappa shape index (κ1) is 16.7. The normalized spacial score (nSPS) is 24.8. The van der Waals surface area contributed by atoms with Crippen molar-refractivity contribution in [2.24, 2.45) is 0 Å². The van der Waals surface area contributed by atoms with E-state index in [1.165, 1.54) is 0 Å². The van der Waals surface area contributed by atoms with Crippen LogP contribution < -0.4 is 0 Å². The molecule has 0 aliphatic carbocycles. The molecule has 0 amide bonds. The van der Waals surface area contributed by atoms with Crippen LogP contribution in [0.5, 0.6) is 0 Å². The predicted molar refractivity (Wildman–Crippen MR) is 78.4 cm³/mol. The number of hydrogen-bond acceptors (Lipinski definition) is 3. The Hall–Kier alpha value is -1.12. The minimum atomic E-state index is -5.32. The average Bonchev–Trinajstić information content (AvgIpc) is 2.63. The lowest BCUT2D eigenvalue weighted by molar-refractivity contribution is -0.0532. The fourth-order valence-electron chi connectivity index (χ4n) is 3.40. The average molecular weight is 349 g/mol. The van der Waals surface area contributed by atoms with Crippen LogP contribution in [0.4, 0.5) is 13.2 Å². The minimum absolute atomic E-state index is 0.171. The molecule has 2 aliphatic heterocycles. The van der Waals surface area contributed by atoms with E-state index in [1.807, 2.05) is 32.0 Å². The molecule has 4 nitrogen and oxygen atoms in total. The lowest BCUT2D eigenvalue weighted by Gasteiger charge is -2.38. The summed E-state index contributed by atoms with van der Waals surface area (Å²) >= 11 is 0. The molecule has 0 saturated heterocycles. The number of halogens is 3. The maximum Gasteiger partial charge on any atom is 0.511 e. The molecule has 0 aromatic heterocycles. The Morgan fingerprint density at radius 2 is 2.00 bits per heavy atom. The number of rotatable bonds is 1. The molecule has 1 atom stereocenters. The number of alkyl halides is 3. The number of sulfonamides is 1. The van der Waals surface area contributed by atoms with E-state index < -0.39 is 21.1 Å². The van der Waals surface area contributed by atoms with E-state index >= 15 is 0 Å². The van der Waals surface area contributed by atoms with Gasteiger partial charge in [-0.15, -0.1) is 0 Å². The van der Waals surface area contributed by atoms with E-state index in [-0.39, 0.29) is 32.0 Å². The maximum absolute atomic E-state index is 12.9. The van der Waals surface area contributed by atoms with Gasteiger partial charge < -0.3 is 4.74 Å². The van der Waals surface area contributed by atoms with Gasteiger partial charge in [0.1, 0.15) is 0 Å². The van der Waals surface area contributed by atoms with Crippen LogP contribution in [-0.2, 0) is 26.8 Å². The predicted octanol–water partition coefficient (Wildman–Crippen LogP) is 2.74. The zero-order valence-corrected chi connectivity index (χ0v) is 13.7. The molecule has 1 aromatic carbocycles. The third-order valence-corrected chi connectivity index (χ3v) is 6.18. The van der Waals surface area contributed by atoms with E-state index in [0.29, 0.717) is 4.31 Å². The quantitative estimate of drug-likeness (QED) is 0.783. The highest BCUT2D eigenvalue weighted by molar-refractivity contribution is 7.90. The van der Waals surface area contributed by atoms with Crippen molar-refractivity contribution in [3.05, 3.63) is 34.9 Å². The highest BCUT2D eigenvalue weighted by Gasteiger charge is 2.51. The third kappa shape index (κ3) is 2.66. The SMILES string of the molecule is CC1(C)OCC2CN(S(=O)(=O)C(F)(F)F)CCc3cccc1c32. The standard InChI is InChI=1S/C15H18F3NO3S/c1-14(2)12-5-3-4-10-6-7-19(23(20,21)15(16,17)18)8-11(9-22-14)13(10)12/h3-5,11H,6-9H2,1-2H3. The second-order valence-electron chi connectivity index (χ2n) is 6.46. The summed E-state index contributed by atoms with van der Waals surface area (Å²) in [5.41, 5.74) is -3.02. The van der Waals surface area contributed by atoms with Gasteiger partial charge in [0.15, 0.2) is 0 Å². The fourth-order valence-corrected chi connectivity index (χ4v) is 4.40. The Morgan fingerprint density at radius 1 is 1.30 bits per heavy atom. The highest BCUT2D eigenvalue weighted by atomic mass is 32.2. The summed E-state index contributed by atoms with van der Waals surface area (Å²) in [6.45, 7) is 3.65. The summed E-state index contributed by atoms with van der Waals surface area (Å²) in [6, 6.07) is 5.60. The highest BCUT2D eigenvalue weighted by Crippen LogP contribution is 2.42. The second kappa shape index (κ2) is 5.19. The number of benzene rings is 1. The molecule has 3 rings (SSSR count). The first-order valence-electron chi connectivity index (χ1n) is 7.36. The van der Waals surface area contributed by atoms with Gasteiger partial charge in [0.05, 0.1) is 12.2 Å². The molecule has 0 spiro atoms. The van der Waals surface area contributed by atoms with Gasteiger partial charge in [0, 0.05) is 19.0 Å². The van der Waals surface area contributed by atoms with Gasteiger partial charge in [-0.2, -0.15) is 17.5 Å². The Bertz CT molecular complexity index is 728. The molecule has 23 heavy (non-hydrogen) atoms. The van der Waals surface area contributed by atoms with E-state index in [0.717, 1.165) is 16.7 Å². The molecule has 0 saturated carbocycles. The molecule has 0 radical (unpaired) electrons. The largest absolute Gasteiger partial charge is 0.511 e. The van der Waals surface area contributed by atoms with Gasteiger partial charge >= 0.3 is 15.5 Å². The molecule has 2 aliphatic rings. The van der Waals surface area contributed by atoms with E-state index in [1.54, 1.807) is 0 Å². The summed E-state index contributed by atoms with van der Waals surface area (Å²) in [6.07, 6.45) is 0.269. The van der Waals surface area contributed by atoms with Gasteiger partial charge in [0.25, 0.3) is 0 Å². The molecule has 1 aromatic rings. The molecule has 0 fully saturated rings. The van der Waals surface area contributed by atoms with Crippen molar-refractivity contribution >= 4 is 10.0 Å². The summed E-state index contributed by atoms with van der Waals surface area (Å²) in [5.74, 6) is -0.381. The van der Waals surface area contributed by atoms with E-state index in [4.69, 9.17) is 4.74 Å². The third-order valence-electron chi connectivity index (χ3n) is 4.59. The molecule has 128 valence electrons. The molecule has 8 heteroatoms. The lowest BCUT2D eigenvalue weighted by atomic mass is 9.81. The van der Waals surface area contributed by atoms with Gasteiger partial charge in [-0.25, -0.2) is 8.42 Å². The van der Waals surface area contributed by atoms with Crippen LogP contribution in [-0.4, -0.2) is 37.9 Å². The van der Waals surface area contributed by atoms with Crippen LogP contribution in [0.15, 0.2) is 18.2 Å². The summed E-state index contributed by atoms with van der Waals surface area (Å²) in [7, 11) is -5.32. The van der Waals surface area contributed by atoms with Gasteiger partial charge in [-0.3, -0.25) is 0 Å². The van der Waals surface area contributed by atoms with Crippen molar-refractivity contribution in [2.45, 2.75) is 37.3 Å². The van der Waals surface area contributed by atoms with Crippen molar-refractivity contribution in [1.82, 2.24) is 4.31 Å². The van der Waals surface area contributed by atoms with Crippen LogP contribution in [0.25, 0.3) is 0 Å². The minimum Gasteiger partial charge on any atom is -0.370 e. The van der Waals surface area contributed by atoms with Crippen molar-refractivity contribution in [3.8, 4) is 0 Å². The fraction of sp³-hybridized carbons (Fsp3) is 0.600. The zero-order valence-electron chi connectivity index (χ0n) is 12.9. The zero-order chi connectivity index (χ0) is 17.0. The van der Waals surface area contributed by atoms with Crippen LogP contribution in [0.2, 0.25) is 0 Å². The number of ether oxygens (including phenoxy) is 1. The van der Waals surface area contributed by atoms with E-state index in [2.05, 4.69) is 0 Å². The summed E-state index contributed by atoms with van der Waals surface area (Å²) < 4.78 is 68.5. The molecular weight excluding hydrogens is 331 g/mol. The van der Waals surface area contributed by atoms with Crippen LogP contribution in [0.1, 0.15) is 36.5 Å². The van der Waals surface area contributed by atoms with Crippen molar-refractivity contribution in [1.29, 1.82) is 0 Å². The van der Waals surface area contributed by atoms with Crippen LogP contribution in [0, 0.1) is 0 Å². The van der Waals surface area contributed by atoms with Crippen molar-refractivity contribution < 1.29 is 26.3 Å². The molecule has 1 unspecified atom stereocenters. The molecule has 0 bridgehead atoms. The van der Waals surface area contributed by atoms with Crippen molar-refractivity contribution in [2.75, 3.05) is 19.7 Å². The van der Waals surface area contributed by atoms with Gasteiger partial charge in [-0.05, 0) is 37.0 Å². The molecule has 2 heterocycles. The Balaban J connectivity index is 2.04. The maximum atomic E-state index is 12.9. The smallest absolute Gasteiger partial charge is 0.370 e. The summed E-state index contributed by atoms with van der Waals surface area (Å²) in [5, 5.41) is 0.